The van der Waals surface area contributed by atoms with Crippen molar-refractivity contribution in [3.63, 3.8) is 0 Å². The van der Waals surface area contributed by atoms with E-state index in [0.29, 0.717) is 41.8 Å². The molecule has 5 rings (SSSR count). The van der Waals surface area contributed by atoms with Crippen LogP contribution in [0.4, 0.5) is 0 Å². The summed E-state index contributed by atoms with van der Waals surface area (Å²) < 4.78 is 16.1. The summed E-state index contributed by atoms with van der Waals surface area (Å²) in [5.74, 6) is 1.72. The maximum absolute atomic E-state index is 13.4. The van der Waals surface area contributed by atoms with Crippen LogP contribution in [0.25, 0.3) is 0 Å². The predicted octanol–water partition coefficient (Wildman–Crippen LogP) is 3.39. The first-order chi connectivity index (χ1) is 15.7. The van der Waals surface area contributed by atoms with Crippen LogP contribution < -0.4 is 14.8 Å². The topological polar surface area (TPSA) is 93.9 Å². The number of carbonyl (C=O) groups excluding carboxylic acids is 2. The molecule has 8 nitrogen and oxygen atoms in total. The van der Waals surface area contributed by atoms with E-state index >= 15 is 0 Å². The number of benzene rings is 2. The Bertz CT molecular complexity index is 1120. The third kappa shape index (κ3) is 4.59. The molecule has 0 spiro atoms. The molecule has 0 unspecified atom stereocenters. The molecule has 2 aromatic carbocycles. The number of carbonyl (C=O) groups is 2. The zero-order valence-corrected chi connectivity index (χ0v) is 17.5. The number of amides is 2. The Morgan fingerprint density at radius 2 is 1.81 bits per heavy atom. The molecule has 3 aromatic rings. The predicted molar refractivity (Wildman–Crippen MR) is 114 cm³/mol. The van der Waals surface area contributed by atoms with Crippen LogP contribution in [0.2, 0.25) is 0 Å². The van der Waals surface area contributed by atoms with Crippen LogP contribution >= 0.6 is 0 Å². The van der Waals surface area contributed by atoms with Crippen LogP contribution in [-0.4, -0.2) is 35.2 Å². The van der Waals surface area contributed by atoms with E-state index in [1.54, 1.807) is 29.2 Å². The lowest BCUT2D eigenvalue weighted by molar-refractivity contribution is 0.0712. The van der Waals surface area contributed by atoms with E-state index in [9.17, 15) is 9.59 Å². The molecule has 2 aliphatic rings. The number of aromatic nitrogens is 1. The number of ether oxygens (including phenoxy) is 2. The highest BCUT2D eigenvalue weighted by Crippen LogP contribution is 2.33. The van der Waals surface area contributed by atoms with Crippen LogP contribution in [0.3, 0.4) is 0 Å². The molecule has 1 N–H and O–H groups in total. The number of fused-ring (bicyclic) bond motifs is 1. The lowest BCUT2D eigenvalue weighted by Crippen LogP contribution is -2.30. The zero-order valence-electron chi connectivity index (χ0n) is 17.5. The SMILES string of the molecule is O=C(NCC1CC1)c1cc(CN(Cc2ccccc2)C(=O)c2ccc3c(c2)OCO3)on1. The molecule has 1 aliphatic carbocycles. The molecule has 32 heavy (non-hydrogen) atoms. The van der Waals surface area contributed by atoms with E-state index in [-0.39, 0.29) is 30.8 Å². The molecule has 0 radical (unpaired) electrons. The van der Waals surface area contributed by atoms with Crippen LogP contribution in [0, 0.1) is 5.92 Å². The fourth-order valence-electron chi connectivity index (χ4n) is 3.55. The summed E-state index contributed by atoms with van der Waals surface area (Å²) >= 11 is 0. The minimum absolute atomic E-state index is 0.143. The molecule has 0 atom stereocenters. The third-order valence-electron chi connectivity index (χ3n) is 5.51. The molecule has 1 aromatic heterocycles. The normalized spacial score (nSPS) is 14.2. The maximum Gasteiger partial charge on any atom is 0.273 e. The van der Waals surface area contributed by atoms with Crippen molar-refractivity contribution in [2.45, 2.75) is 25.9 Å². The fourth-order valence-corrected chi connectivity index (χ4v) is 3.55. The van der Waals surface area contributed by atoms with Gasteiger partial charge in [-0.3, -0.25) is 9.59 Å². The smallest absolute Gasteiger partial charge is 0.273 e. The Balaban J connectivity index is 1.34. The Morgan fingerprint density at radius 3 is 2.62 bits per heavy atom. The van der Waals surface area contributed by atoms with E-state index in [4.69, 9.17) is 14.0 Å². The van der Waals surface area contributed by atoms with Gasteiger partial charge in [0.15, 0.2) is 23.0 Å². The van der Waals surface area contributed by atoms with E-state index in [1.807, 2.05) is 30.3 Å². The molecule has 1 saturated carbocycles. The summed E-state index contributed by atoms with van der Waals surface area (Å²) in [4.78, 5) is 27.3. The second kappa shape index (κ2) is 8.74. The van der Waals surface area contributed by atoms with Gasteiger partial charge in [-0.1, -0.05) is 35.5 Å². The Hall–Kier alpha value is -3.81. The summed E-state index contributed by atoms with van der Waals surface area (Å²) in [6.07, 6.45) is 2.31. The minimum Gasteiger partial charge on any atom is -0.454 e. The van der Waals surface area contributed by atoms with Crippen LogP contribution in [0.1, 0.15) is 45.0 Å². The molecule has 2 heterocycles. The van der Waals surface area contributed by atoms with Gasteiger partial charge in [0.05, 0.1) is 6.54 Å². The van der Waals surface area contributed by atoms with Crippen molar-refractivity contribution in [1.29, 1.82) is 0 Å². The first-order valence-corrected chi connectivity index (χ1v) is 10.6. The van der Waals surface area contributed by atoms with Crippen molar-refractivity contribution in [2.75, 3.05) is 13.3 Å². The summed E-state index contributed by atoms with van der Waals surface area (Å²) in [5, 5.41) is 6.76. The number of rotatable bonds is 8. The van der Waals surface area contributed by atoms with Gasteiger partial charge in [0, 0.05) is 24.7 Å². The number of nitrogens with zero attached hydrogens (tertiary/aromatic N) is 2. The maximum atomic E-state index is 13.4. The van der Waals surface area contributed by atoms with Crippen LogP contribution in [0.5, 0.6) is 11.5 Å². The molecular weight excluding hydrogens is 410 g/mol. The third-order valence-corrected chi connectivity index (χ3v) is 5.51. The van der Waals surface area contributed by atoms with Crippen molar-refractivity contribution in [2.24, 2.45) is 5.92 Å². The lowest BCUT2D eigenvalue weighted by Gasteiger charge is -2.22. The van der Waals surface area contributed by atoms with Gasteiger partial charge in [0.2, 0.25) is 6.79 Å². The van der Waals surface area contributed by atoms with Crippen molar-refractivity contribution >= 4 is 11.8 Å². The molecule has 8 heteroatoms. The van der Waals surface area contributed by atoms with Gasteiger partial charge in [-0.25, -0.2) is 0 Å². The quantitative estimate of drug-likeness (QED) is 0.585. The molecular formula is C24H23N3O5. The highest BCUT2D eigenvalue weighted by atomic mass is 16.7. The van der Waals surface area contributed by atoms with E-state index < -0.39 is 0 Å². The molecule has 0 bridgehead atoms. The summed E-state index contributed by atoms with van der Waals surface area (Å²) in [7, 11) is 0. The van der Waals surface area contributed by atoms with Crippen molar-refractivity contribution < 1.29 is 23.6 Å². The monoisotopic (exact) mass is 433 g/mol. The molecule has 164 valence electrons. The van der Waals surface area contributed by atoms with E-state index in [1.165, 1.54) is 0 Å². The van der Waals surface area contributed by atoms with Crippen LogP contribution in [0.15, 0.2) is 59.1 Å². The van der Waals surface area contributed by atoms with Crippen molar-refractivity contribution in [3.05, 3.63) is 77.2 Å². The molecule has 1 aliphatic heterocycles. The first-order valence-electron chi connectivity index (χ1n) is 10.6. The van der Waals surface area contributed by atoms with Gasteiger partial charge in [-0.15, -0.1) is 0 Å². The lowest BCUT2D eigenvalue weighted by atomic mass is 10.1. The fraction of sp³-hybridized carbons (Fsp3) is 0.292. The largest absolute Gasteiger partial charge is 0.454 e. The summed E-state index contributed by atoms with van der Waals surface area (Å²) in [6.45, 7) is 1.34. The Kier molecular flexibility index (Phi) is 5.49. The molecule has 2 amide bonds. The Labute approximate surface area is 185 Å². The van der Waals surface area contributed by atoms with Gasteiger partial charge in [0.1, 0.15) is 0 Å². The highest BCUT2D eigenvalue weighted by molar-refractivity contribution is 5.95. The van der Waals surface area contributed by atoms with Gasteiger partial charge in [0.25, 0.3) is 11.8 Å². The second-order valence-corrected chi connectivity index (χ2v) is 8.05. The van der Waals surface area contributed by atoms with Crippen molar-refractivity contribution in [3.8, 4) is 11.5 Å². The summed E-state index contributed by atoms with van der Waals surface area (Å²) in [5.41, 5.74) is 1.67. The Morgan fingerprint density at radius 1 is 1.00 bits per heavy atom. The molecule has 1 fully saturated rings. The standard InChI is InChI=1S/C24H23N3O5/c28-23(25-12-16-6-7-16)20-11-19(32-26-20)14-27(13-17-4-2-1-3-5-17)24(29)18-8-9-21-22(10-18)31-15-30-21/h1-5,8-11,16H,6-7,12-15H2,(H,25,28). The average molecular weight is 433 g/mol. The van der Waals surface area contributed by atoms with E-state index in [0.717, 1.165) is 18.4 Å². The van der Waals surface area contributed by atoms with Gasteiger partial charge >= 0.3 is 0 Å². The number of nitrogens with one attached hydrogen (secondary N) is 1. The number of hydrogen-bond donors (Lipinski definition) is 1. The zero-order chi connectivity index (χ0) is 21.9. The molecule has 0 saturated heterocycles. The van der Waals surface area contributed by atoms with E-state index in [2.05, 4.69) is 10.5 Å². The highest BCUT2D eigenvalue weighted by Gasteiger charge is 2.25. The van der Waals surface area contributed by atoms with Gasteiger partial charge < -0.3 is 24.2 Å². The van der Waals surface area contributed by atoms with Crippen LogP contribution in [-0.2, 0) is 13.1 Å². The number of hydrogen-bond acceptors (Lipinski definition) is 6. The van der Waals surface area contributed by atoms with Gasteiger partial charge in [-0.05, 0) is 42.5 Å². The summed E-state index contributed by atoms with van der Waals surface area (Å²) in [6, 6.07) is 16.4. The first kappa shape index (κ1) is 20.1. The second-order valence-electron chi connectivity index (χ2n) is 8.05. The average Bonchev–Trinajstić information content (AvgIpc) is 3.32. The minimum atomic E-state index is -0.261. The van der Waals surface area contributed by atoms with Crippen molar-refractivity contribution in [1.82, 2.24) is 15.4 Å². The van der Waals surface area contributed by atoms with Gasteiger partial charge in [-0.2, -0.15) is 0 Å².